The molecule has 0 amide bonds. The van der Waals surface area contributed by atoms with E-state index >= 15 is 0 Å². The molecule has 1 atom stereocenters. The standard InChI is InChI=1S/C5H15NO7P2/c1-3(2)4(6)5(7,14(8,9)10)15(11,12)13/h3-4,7H,6H2,1-2H3,(H2,8,9,10)(H2,11,12,13). The lowest BCUT2D eigenvalue weighted by molar-refractivity contribution is 0.0926. The van der Waals surface area contributed by atoms with Crippen LogP contribution in [0, 0.1) is 5.92 Å². The summed E-state index contributed by atoms with van der Waals surface area (Å²) in [6.45, 7) is 2.75. The summed E-state index contributed by atoms with van der Waals surface area (Å²) in [6, 6.07) is -1.74. The van der Waals surface area contributed by atoms with Crippen LogP contribution in [0.5, 0.6) is 0 Å². The number of nitrogens with two attached hydrogens (primary N) is 1. The molecule has 0 fully saturated rings. The van der Waals surface area contributed by atoms with Gasteiger partial charge in [-0.3, -0.25) is 9.13 Å². The smallest absolute Gasteiger partial charge is 0.366 e. The molecule has 92 valence electrons. The van der Waals surface area contributed by atoms with Crippen molar-refractivity contribution in [3.8, 4) is 0 Å². The van der Waals surface area contributed by atoms with Crippen molar-refractivity contribution in [1.29, 1.82) is 0 Å². The molecule has 0 aliphatic carbocycles. The molecular weight excluding hydrogens is 248 g/mol. The lowest BCUT2D eigenvalue weighted by Crippen LogP contribution is -2.50. The maximum Gasteiger partial charge on any atom is 0.371 e. The molecule has 0 heterocycles. The van der Waals surface area contributed by atoms with Gasteiger partial charge in [-0.25, -0.2) is 0 Å². The van der Waals surface area contributed by atoms with Crippen LogP contribution in [0.4, 0.5) is 0 Å². The summed E-state index contributed by atoms with van der Waals surface area (Å²) in [5, 5.41) is 5.94. The molecule has 0 rings (SSSR count). The van der Waals surface area contributed by atoms with Gasteiger partial charge in [0.05, 0.1) is 6.04 Å². The Morgan fingerprint density at radius 3 is 1.40 bits per heavy atom. The average molecular weight is 263 g/mol. The minimum absolute atomic E-state index is 0.713. The third kappa shape index (κ3) is 2.67. The minimum Gasteiger partial charge on any atom is -0.366 e. The summed E-state index contributed by atoms with van der Waals surface area (Å²) in [6.07, 6.45) is 0. The van der Waals surface area contributed by atoms with Gasteiger partial charge in [0.2, 0.25) is 0 Å². The fraction of sp³-hybridized carbons (Fsp3) is 1.00. The minimum atomic E-state index is -5.45. The number of aliphatic hydroxyl groups is 1. The van der Waals surface area contributed by atoms with Gasteiger partial charge in [0.1, 0.15) is 0 Å². The molecule has 0 bridgehead atoms. The Morgan fingerprint density at radius 1 is 1.07 bits per heavy atom. The third-order valence-electron chi connectivity index (χ3n) is 2.02. The molecule has 1 unspecified atom stereocenters. The highest BCUT2D eigenvalue weighted by molar-refractivity contribution is 7.72. The molecule has 10 heteroatoms. The van der Waals surface area contributed by atoms with Crippen molar-refractivity contribution >= 4 is 15.2 Å². The van der Waals surface area contributed by atoms with Crippen molar-refractivity contribution in [2.75, 3.05) is 0 Å². The second-order valence-electron chi connectivity index (χ2n) is 3.55. The largest absolute Gasteiger partial charge is 0.371 e. The van der Waals surface area contributed by atoms with Crippen molar-refractivity contribution in [3.05, 3.63) is 0 Å². The van der Waals surface area contributed by atoms with Crippen LogP contribution in [0.15, 0.2) is 0 Å². The molecule has 0 aliphatic rings. The number of hydrogen-bond donors (Lipinski definition) is 6. The summed E-state index contributed by atoms with van der Waals surface area (Å²) in [4.78, 5) is 35.1. The predicted molar refractivity (Wildman–Crippen MR) is 51.9 cm³/mol. The molecular formula is C5H15NO7P2. The molecule has 15 heavy (non-hydrogen) atoms. The van der Waals surface area contributed by atoms with Crippen LogP contribution in [0.2, 0.25) is 0 Å². The number of hydrogen-bond acceptors (Lipinski definition) is 4. The van der Waals surface area contributed by atoms with E-state index in [4.69, 9.17) is 25.3 Å². The molecule has 0 aromatic carbocycles. The van der Waals surface area contributed by atoms with E-state index in [0.717, 1.165) is 0 Å². The van der Waals surface area contributed by atoms with Crippen molar-refractivity contribution in [2.24, 2.45) is 11.7 Å². The highest BCUT2D eigenvalue weighted by Crippen LogP contribution is 2.69. The first-order chi connectivity index (χ1) is 6.35. The van der Waals surface area contributed by atoms with Gasteiger partial charge >= 0.3 is 15.2 Å². The molecule has 0 aliphatic heterocycles. The van der Waals surface area contributed by atoms with E-state index in [2.05, 4.69) is 0 Å². The lowest BCUT2D eigenvalue weighted by atomic mass is 10.1. The van der Waals surface area contributed by atoms with Gasteiger partial charge in [-0.05, 0) is 5.92 Å². The highest BCUT2D eigenvalue weighted by atomic mass is 31.2. The lowest BCUT2D eigenvalue weighted by Gasteiger charge is -2.35. The van der Waals surface area contributed by atoms with Gasteiger partial charge in [-0.2, -0.15) is 0 Å². The molecule has 7 N–H and O–H groups in total. The Morgan fingerprint density at radius 2 is 1.33 bits per heavy atom. The van der Waals surface area contributed by atoms with Gasteiger partial charge in [0.15, 0.2) is 0 Å². The van der Waals surface area contributed by atoms with E-state index in [1.807, 2.05) is 0 Å². The Hall–Kier alpha value is 0.220. The summed E-state index contributed by atoms with van der Waals surface area (Å²) in [5.41, 5.74) is 5.23. The topological polar surface area (TPSA) is 161 Å². The zero-order valence-corrected chi connectivity index (χ0v) is 9.97. The predicted octanol–water partition coefficient (Wildman–Crippen LogP) is -1.03. The molecule has 8 nitrogen and oxygen atoms in total. The van der Waals surface area contributed by atoms with Gasteiger partial charge in [0.25, 0.3) is 5.08 Å². The SMILES string of the molecule is CC(C)C(N)C(O)(P(=O)(O)O)P(=O)(O)O. The van der Waals surface area contributed by atoms with Gasteiger partial charge in [-0.1, -0.05) is 13.8 Å². The van der Waals surface area contributed by atoms with Crippen LogP contribution in [0.25, 0.3) is 0 Å². The van der Waals surface area contributed by atoms with E-state index in [-0.39, 0.29) is 0 Å². The van der Waals surface area contributed by atoms with Crippen LogP contribution < -0.4 is 5.73 Å². The van der Waals surface area contributed by atoms with E-state index in [1.54, 1.807) is 0 Å². The fourth-order valence-corrected chi connectivity index (χ4v) is 3.74. The highest BCUT2D eigenvalue weighted by Gasteiger charge is 2.63. The zero-order chi connectivity index (χ0) is 12.7. The Kier molecular flexibility index (Phi) is 4.30. The maximum absolute atomic E-state index is 10.9. The normalized spacial score (nSPS) is 16.9. The number of rotatable bonds is 4. The Balaban J connectivity index is 5.65. The van der Waals surface area contributed by atoms with Crippen molar-refractivity contribution < 1.29 is 33.8 Å². The quantitative estimate of drug-likeness (QED) is 0.351. The van der Waals surface area contributed by atoms with Gasteiger partial charge in [0, 0.05) is 0 Å². The zero-order valence-electron chi connectivity index (χ0n) is 8.18. The van der Waals surface area contributed by atoms with E-state index in [9.17, 15) is 14.2 Å². The van der Waals surface area contributed by atoms with E-state index in [0.29, 0.717) is 0 Å². The molecule has 0 aromatic heterocycles. The first kappa shape index (κ1) is 15.2. The summed E-state index contributed by atoms with van der Waals surface area (Å²) in [7, 11) is -10.9. The van der Waals surface area contributed by atoms with Crippen LogP contribution in [0.1, 0.15) is 13.8 Å². The van der Waals surface area contributed by atoms with Crippen LogP contribution in [0.3, 0.4) is 0 Å². The van der Waals surface area contributed by atoms with Crippen molar-refractivity contribution in [2.45, 2.75) is 25.0 Å². The van der Waals surface area contributed by atoms with Crippen LogP contribution in [-0.2, 0) is 9.13 Å². The van der Waals surface area contributed by atoms with Crippen molar-refractivity contribution in [3.63, 3.8) is 0 Å². The average Bonchev–Trinajstić information content (AvgIpc) is 1.96. The first-order valence-corrected chi connectivity index (χ1v) is 7.17. The Labute approximate surface area is 86.4 Å². The van der Waals surface area contributed by atoms with E-state index < -0.39 is 32.2 Å². The Bertz CT molecular complexity index is 295. The summed E-state index contributed by atoms with van der Waals surface area (Å²) in [5.74, 6) is -0.713. The second-order valence-corrected chi connectivity index (χ2v) is 7.44. The third-order valence-corrected chi connectivity index (χ3v) is 5.90. The molecule has 0 saturated carbocycles. The fourth-order valence-electron chi connectivity index (χ4n) is 1.01. The summed E-state index contributed by atoms with van der Waals surface area (Å²) < 4.78 is 21.8. The molecule has 0 spiro atoms. The molecule has 0 aromatic rings. The first-order valence-electron chi connectivity index (χ1n) is 3.95. The molecule has 0 radical (unpaired) electrons. The summed E-state index contributed by atoms with van der Waals surface area (Å²) >= 11 is 0. The van der Waals surface area contributed by atoms with E-state index in [1.165, 1.54) is 13.8 Å². The van der Waals surface area contributed by atoms with Gasteiger partial charge < -0.3 is 30.4 Å². The second kappa shape index (κ2) is 4.24. The van der Waals surface area contributed by atoms with Gasteiger partial charge in [-0.15, -0.1) is 0 Å². The maximum atomic E-state index is 10.9. The monoisotopic (exact) mass is 263 g/mol. The molecule has 0 saturated heterocycles. The van der Waals surface area contributed by atoms with Crippen molar-refractivity contribution in [1.82, 2.24) is 0 Å². The van der Waals surface area contributed by atoms with Crippen LogP contribution in [-0.4, -0.2) is 35.8 Å². The van der Waals surface area contributed by atoms with Crippen LogP contribution >= 0.6 is 15.2 Å².